The SMILES string of the molecule is COc1ccc(C(=O)CS(=O)(=O)c2ccc(F)cc2)cc1. The van der Waals surface area contributed by atoms with Crippen molar-refractivity contribution in [3.8, 4) is 5.75 Å². The fraction of sp³-hybridized carbons (Fsp3) is 0.133. The first kappa shape index (κ1) is 15.2. The Morgan fingerprint density at radius 2 is 1.62 bits per heavy atom. The molecule has 21 heavy (non-hydrogen) atoms. The van der Waals surface area contributed by atoms with Crippen LogP contribution in [-0.4, -0.2) is 27.1 Å². The number of carbonyl (C=O) groups excluding carboxylic acids is 1. The lowest BCUT2D eigenvalue weighted by molar-refractivity contribution is 0.102. The molecule has 0 spiro atoms. The summed E-state index contributed by atoms with van der Waals surface area (Å²) in [5.41, 5.74) is 0.279. The summed E-state index contributed by atoms with van der Waals surface area (Å²) in [6, 6.07) is 10.5. The van der Waals surface area contributed by atoms with Gasteiger partial charge >= 0.3 is 0 Å². The number of sulfone groups is 1. The molecule has 2 rings (SSSR count). The molecule has 2 aromatic carbocycles. The Balaban J connectivity index is 2.19. The van der Waals surface area contributed by atoms with Gasteiger partial charge in [-0.05, 0) is 48.5 Å². The highest BCUT2D eigenvalue weighted by Gasteiger charge is 2.20. The van der Waals surface area contributed by atoms with E-state index in [0.717, 1.165) is 24.3 Å². The van der Waals surface area contributed by atoms with Crippen molar-refractivity contribution < 1.29 is 22.3 Å². The average Bonchev–Trinajstić information content (AvgIpc) is 2.47. The monoisotopic (exact) mass is 308 g/mol. The van der Waals surface area contributed by atoms with Crippen molar-refractivity contribution in [1.82, 2.24) is 0 Å². The molecule has 0 aliphatic rings. The van der Waals surface area contributed by atoms with Crippen LogP contribution in [0.4, 0.5) is 4.39 Å². The van der Waals surface area contributed by atoms with Gasteiger partial charge in [0, 0.05) is 5.56 Å². The quantitative estimate of drug-likeness (QED) is 0.629. The van der Waals surface area contributed by atoms with E-state index in [0.29, 0.717) is 5.75 Å². The highest BCUT2D eigenvalue weighted by Crippen LogP contribution is 2.16. The molecule has 0 aromatic heterocycles. The van der Waals surface area contributed by atoms with E-state index in [1.165, 1.54) is 19.2 Å². The number of hydrogen-bond donors (Lipinski definition) is 0. The summed E-state index contributed by atoms with van der Waals surface area (Å²) in [6.45, 7) is 0. The standard InChI is InChI=1S/C15H13FO4S/c1-20-13-6-2-11(3-7-13)15(17)10-21(18,19)14-8-4-12(16)5-9-14/h2-9H,10H2,1H3. The predicted molar refractivity (Wildman–Crippen MR) is 75.8 cm³/mol. The molecule has 110 valence electrons. The Hall–Kier alpha value is -2.21. The summed E-state index contributed by atoms with van der Waals surface area (Å²) in [4.78, 5) is 11.9. The molecule has 0 unspecified atom stereocenters. The van der Waals surface area contributed by atoms with Crippen molar-refractivity contribution in [2.45, 2.75) is 4.90 Å². The largest absolute Gasteiger partial charge is 0.497 e. The third kappa shape index (κ3) is 3.66. The van der Waals surface area contributed by atoms with Gasteiger partial charge < -0.3 is 4.74 Å². The fourth-order valence-corrected chi connectivity index (χ4v) is 2.99. The second-order valence-corrected chi connectivity index (χ2v) is 6.35. The molecular weight excluding hydrogens is 295 g/mol. The fourth-order valence-electron chi connectivity index (χ4n) is 1.76. The minimum absolute atomic E-state index is 0.0780. The molecule has 0 saturated heterocycles. The maximum Gasteiger partial charge on any atom is 0.185 e. The zero-order chi connectivity index (χ0) is 15.5. The van der Waals surface area contributed by atoms with Crippen LogP contribution in [-0.2, 0) is 9.84 Å². The lowest BCUT2D eigenvalue weighted by Crippen LogP contribution is -2.16. The third-order valence-electron chi connectivity index (χ3n) is 2.91. The van der Waals surface area contributed by atoms with Crippen LogP contribution in [0.5, 0.6) is 5.75 Å². The summed E-state index contributed by atoms with van der Waals surface area (Å²) in [5.74, 6) is -1.14. The van der Waals surface area contributed by atoms with Gasteiger partial charge in [-0.25, -0.2) is 12.8 Å². The van der Waals surface area contributed by atoms with Gasteiger partial charge in [-0.15, -0.1) is 0 Å². The van der Waals surface area contributed by atoms with Gasteiger partial charge in [0.15, 0.2) is 15.6 Å². The molecule has 4 nitrogen and oxygen atoms in total. The Kier molecular flexibility index (Phi) is 4.37. The van der Waals surface area contributed by atoms with E-state index in [1.54, 1.807) is 12.1 Å². The third-order valence-corrected chi connectivity index (χ3v) is 4.54. The van der Waals surface area contributed by atoms with Crippen molar-refractivity contribution in [3.63, 3.8) is 0 Å². The number of benzene rings is 2. The lowest BCUT2D eigenvalue weighted by atomic mass is 10.1. The van der Waals surface area contributed by atoms with Crippen LogP contribution in [0.1, 0.15) is 10.4 Å². The van der Waals surface area contributed by atoms with E-state index < -0.39 is 27.2 Å². The molecule has 0 radical (unpaired) electrons. The summed E-state index contributed by atoms with van der Waals surface area (Å²) >= 11 is 0. The zero-order valence-corrected chi connectivity index (χ0v) is 12.1. The number of Topliss-reactive ketones (excluding diaryl/α,β-unsaturated/α-hetero) is 1. The van der Waals surface area contributed by atoms with Crippen molar-refractivity contribution in [3.05, 3.63) is 59.9 Å². The molecule has 0 bridgehead atoms. The lowest BCUT2D eigenvalue weighted by Gasteiger charge is -2.05. The van der Waals surface area contributed by atoms with Crippen LogP contribution >= 0.6 is 0 Å². The Bertz CT molecular complexity index is 734. The number of carbonyl (C=O) groups is 1. The number of methoxy groups -OCH3 is 1. The summed E-state index contributed by atoms with van der Waals surface area (Å²) in [5, 5.41) is 0. The van der Waals surface area contributed by atoms with Crippen molar-refractivity contribution in [2.75, 3.05) is 12.9 Å². The van der Waals surface area contributed by atoms with Crippen molar-refractivity contribution in [2.24, 2.45) is 0 Å². The van der Waals surface area contributed by atoms with Gasteiger partial charge in [-0.3, -0.25) is 4.79 Å². The van der Waals surface area contributed by atoms with Crippen LogP contribution in [0.15, 0.2) is 53.4 Å². The maximum absolute atomic E-state index is 12.8. The number of ketones is 1. The topological polar surface area (TPSA) is 60.4 Å². The number of hydrogen-bond acceptors (Lipinski definition) is 4. The Morgan fingerprint density at radius 1 is 1.05 bits per heavy atom. The summed E-state index contributed by atoms with van der Waals surface area (Å²) in [6.07, 6.45) is 0. The van der Waals surface area contributed by atoms with Gasteiger partial charge in [-0.1, -0.05) is 0 Å². The van der Waals surface area contributed by atoms with E-state index in [9.17, 15) is 17.6 Å². The van der Waals surface area contributed by atoms with Gasteiger partial charge in [0.2, 0.25) is 0 Å². The molecule has 0 saturated carbocycles. The van der Waals surface area contributed by atoms with Crippen LogP contribution < -0.4 is 4.74 Å². The molecule has 2 aromatic rings. The van der Waals surface area contributed by atoms with E-state index in [4.69, 9.17) is 4.74 Å². The predicted octanol–water partition coefficient (Wildman–Crippen LogP) is 2.49. The van der Waals surface area contributed by atoms with E-state index in [-0.39, 0.29) is 10.5 Å². The van der Waals surface area contributed by atoms with Crippen LogP contribution in [0, 0.1) is 5.82 Å². The van der Waals surface area contributed by atoms with E-state index in [1.807, 2.05) is 0 Å². The van der Waals surface area contributed by atoms with Crippen molar-refractivity contribution >= 4 is 15.6 Å². The molecule has 6 heteroatoms. The Labute approximate surface area is 122 Å². The van der Waals surface area contributed by atoms with Gasteiger partial charge in [0.25, 0.3) is 0 Å². The van der Waals surface area contributed by atoms with Gasteiger partial charge in [-0.2, -0.15) is 0 Å². The molecule has 0 fully saturated rings. The molecule has 0 N–H and O–H groups in total. The Morgan fingerprint density at radius 3 is 2.14 bits per heavy atom. The molecule has 0 atom stereocenters. The minimum atomic E-state index is -3.79. The van der Waals surface area contributed by atoms with E-state index >= 15 is 0 Å². The zero-order valence-electron chi connectivity index (χ0n) is 11.2. The molecule has 0 aliphatic carbocycles. The van der Waals surface area contributed by atoms with Crippen molar-refractivity contribution in [1.29, 1.82) is 0 Å². The smallest absolute Gasteiger partial charge is 0.185 e. The second kappa shape index (κ2) is 6.05. The second-order valence-electron chi connectivity index (χ2n) is 4.36. The normalized spacial score (nSPS) is 11.1. The summed E-state index contributed by atoms with van der Waals surface area (Å²) < 4.78 is 41.9. The average molecular weight is 308 g/mol. The first-order valence-electron chi connectivity index (χ1n) is 6.08. The number of rotatable bonds is 5. The van der Waals surface area contributed by atoms with E-state index in [2.05, 4.69) is 0 Å². The number of halogens is 1. The first-order chi connectivity index (χ1) is 9.92. The molecular formula is C15H13FO4S. The van der Waals surface area contributed by atoms with Gasteiger partial charge in [0.05, 0.1) is 12.0 Å². The first-order valence-corrected chi connectivity index (χ1v) is 7.73. The molecule has 0 aliphatic heterocycles. The number of ether oxygens (including phenoxy) is 1. The van der Waals surface area contributed by atoms with Crippen LogP contribution in [0.3, 0.4) is 0 Å². The molecule has 0 amide bonds. The van der Waals surface area contributed by atoms with Crippen LogP contribution in [0.2, 0.25) is 0 Å². The van der Waals surface area contributed by atoms with Crippen LogP contribution in [0.25, 0.3) is 0 Å². The highest BCUT2D eigenvalue weighted by molar-refractivity contribution is 7.92. The highest BCUT2D eigenvalue weighted by atomic mass is 32.2. The van der Waals surface area contributed by atoms with Gasteiger partial charge in [0.1, 0.15) is 17.3 Å². The molecule has 0 heterocycles. The minimum Gasteiger partial charge on any atom is -0.497 e. The maximum atomic E-state index is 12.8. The summed E-state index contributed by atoms with van der Waals surface area (Å²) in [7, 11) is -2.29.